The van der Waals surface area contributed by atoms with Crippen LogP contribution >= 0.6 is 11.6 Å². The van der Waals surface area contributed by atoms with Crippen molar-refractivity contribution in [2.24, 2.45) is 0 Å². The fourth-order valence-electron chi connectivity index (χ4n) is 2.31. The molecule has 1 unspecified atom stereocenters. The molecule has 3 aromatic rings. The fourth-order valence-corrected chi connectivity index (χ4v) is 2.50. The number of aliphatic hydroxyl groups excluding tert-OH is 1. The summed E-state index contributed by atoms with van der Waals surface area (Å²) in [5, 5.41) is 13.2. The van der Waals surface area contributed by atoms with E-state index in [1.54, 1.807) is 35.8 Å². The van der Waals surface area contributed by atoms with E-state index in [0.717, 1.165) is 5.52 Å². The number of amides is 1. The first-order valence-electron chi connectivity index (χ1n) is 6.78. The van der Waals surface area contributed by atoms with Gasteiger partial charge >= 0.3 is 0 Å². The quantitative estimate of drug-likeness (QED) is 0.778. The molecule has 0 saturated carbocycles. The number of nitrogens with zero attached hydrogens (tertiary/aromatic N) is 2. The van der Waals surface area contributed by atoms with E-state index in [9.17, 15) is 9.90 Å². The van der Waals surface area contributed by atoms with Gasteiger partial charge < -0.3 is 5.11 Å². The summed E-state index contributed by atoms with van der Waals surface area (Å²) in [7, 11) is 0. The minimum Gasteiger partial charge on any atom is -0.373 e. The number of rotatable bonds is 3. The minimum atomic E-state index is -0.818. The molecule has 0 radical (unpaired) electrons. The van der Waals surface area contributed by atoms with Crippen molar-refractivity contribution in [2.75, 3.05) is 5.32 Å². The lowest BCUT2D eigenvalue weighted by Gasteiger charge is -2.12. The summed E-state index contributed by atoms with van der Waals surface area (Å²) in [6.07, 6.45) is -0.818. The predicted octanol–water partition coefficient (Wildman–Crippen LogP) is 3.45. The highest BCUT2D eigenvalue weighted by molar-refractivity contribution is 6.31. The monoisotopic (exact) mass is 315 g/mol. The van der Waals surface area contributed by atoms with Gasteiger partial charge in [0, 0.05) is 10.6 Å². The van der Waals surface area contributed by atoms with Crippen LogP contribution in [0.25, 0.3) is 11.0 Å². The molecule has 0 saturated heterocycles. The Balaban J connectivity index is 2.00. The zero-order valence-corrected chi connectivity index (χ0v) is 12.6. The van der Waals surface area contributed by atoms with Crippen LogP contribution in [0.2, 0.25) is 5.02 Å². The van der Waals surface area contributed by atoms with Crippen molar-refractivity contribution in [3.8, 4) is 0 Å². The molecule has 0 aliphatic heterocycles. The van der Waals surface area contributed by atoms with Gasteiger partial charge in [0.1, 0.15) is 6.23 Å². The Hall–Kier alpha value is -2.37. The maximum Gasteiger partial charge on any atom is 0.258 e. The second-order valence-corrected chi connectivity index (χ2v) is 5.33. The number of carbonyl (C=O) groups is 1. The average Bonchev–Trinajstić information content (AvgIpc) is 2.85. The van der Waals surface area contributed by atoms with Crippen molar-refractivity contribution >= 4 is 34.5 Å². The van der Waals surface area contributed by atoms with E-state index >= 15 is 0 Å². The van der Waals surface area contributed by atoms with Crippen molar-refractivity contribution in [3.63, 3.8) is 0 Å². The zero-order chi connectivity index (χ0) is 15.7. The van der Waals surface area contributed by atoms with Crippen LogP contribution in [0, 0.1) is 0 Å². The van der Waals surface area contributed by atoms with Crippen LogP contribution in [0.5, 0.6) is 0 Å². The topological polar surface area (TPSA) is 67.2 Å². The van der Waals surface area contributed by atoms with E-state index < -0.39 is 6.23 Å². The van der Waals surface area contributed by atoms with Crippen LogP contribution in [0.1, 0.15) is 23.5 Å². The molecule has 0 aliphatic rings. The second-order valence-electron chi connectivity index (χ2n) is 4.89. The Kier molecular flexibility index (Phi) is 3.83. The van der Waals surface area contributed by atoms with Crippen molar-refractivity contribution in [3.05, 3.63) is 59.1 Å². The maximum atomic E-state index is 12.3. The highest BCUT2D eigenvalue weighted by Gasteiger charge is 2.16. The summed E-state index contributed by atoms with van der Waals surface area (Å²) < 4.78 is 1.57. The number of benzene rings is 2. The number of fused-ring (bicyclic) bond motifs is 1. The van der Waals surface area contributed by atoms with Gasteiger partial charge in [0.15, 0.2) is 0 Å². The zero-order valence-electron chi connectivity index (χ0n) is 11.8. The van der Waals surface area contributed by atoms with Gasteiger partial charge in [-0.15, -0.1) is 0 Å². The summed E-state index contributed by atoms with van der Waals surface area (Å²) >= 11 is 5.90. The van der Waals surface area contributed by atoms with E-state index in [1.807, 2.05) is 24.3 Å². The minimum absolute atomic E-state index is 0.293. The number of aliphatic hydroxyl groups is 1. The molecule has 0 bridgehead atoms. The molecule has 3 rings (SSSR count). The van der Waals surface area contributed by atoms with Crippen LogP contribution in [-0.4, -0.2) is 20.6 Å². The van der Waals surface area contributed by atoms with Crippen LogP contribution < -0.4 is 5.32 Å². The molecule has 112 valence electrons. The highest BCUT2D eigenvalue weighted by Crippen LogP contribution is 2.23. The van der Waals surface area contributed by atoms with E-state index in [1.165, 1.54) is 0 Å². The molecule has 6 heteroatoms. The standard InChI is InChI=1S/C16H14ClN3O2/c1-10(21)20-14-8-3-2-7-13(14)18-16(20)19-15(22)11-5-4-6-12(17)9-11/h2-10,21H,1H3,(H,18,19,22). The van der Waals surface area contributed by atoms with E-state index in [-0.39, 0.29) is 5.91 Å². The van der Waals surface area contributed by atoms with Gasteiger partial charge in [0.2, 0.25) is 5.95 Å². The van der Waals surface area contributed by atoms with Crippen molar-refractivity contribution < 1.29 is 9.90 Å². The molecule has 1 atom stereocenters. The normalized spacial score (nSPS) is 12.3. The third kappa shape index (κ3) is 2.68. The summed E-state index contributed by atoms with van der Waals surface area (Å²) in [5.74, 6) is -0.0409. The van der Waals surface area contributed by atoms with Gasteiger partial charge in [-0.2, -0.15) is 0 Å². The van der Waals surface area contributed by atoms with Crippen LogP contribution in [0.15, 0.2) is 48.5 Å². The highest BCUT2D eigenvalue weighted by atomic mass is 35.5. The van der Waals surface area contributed by atoms with Crippen molar-refractivity contribution in [1.82, 2.24) is 9.55 Å². The number of aromatic nitrogens is 2. The van der Waals surface area contributed by atoms with Crippen molar-refractivity contribution in [1.29, 1.82) is 0 Å². The van der Waals surface area contributed by atoms with Gasteiger partial charge in [-0.3, -0.25) is 14.7 Å². The third-order valence-electron chi connectivity index (χ3n) is 3.28. The lowest BCUT2D eigenvalue weighted by Crippen LogP contribution is -2.17. The van der Waals surface area contributed by atoms with Gasteiger partial charge in [-0.25, -0.2) is 4.98 Å². The molecule has 0 fully saturated rings. The maximum absolute atomic E-state index is 12.3. The van der Waals surface area contributed by atoms with Crippen LogP contribution in [0.4, 0.5) is 5.95 Å². The number of hydrogen-bond acceptors (Lipinski definition) is 3. The smallest absolute Gasteiger partial charge is 0.258 e. The Bertz CT molecular complexity index is 842. The molecular formula is C16H14ClN3O2. The number of imidazole rings is 1. The lowest BCUT2D eigenvalue weighted by molar-refractivity contribution is 0.102. The van der Waals surface area contributed by atoms with E-state index in [4.69, 9.17) is 11.6 Å². The number of hydrogen-bond donors (Lipinski definition) is 2. The Labute approximate surface area is 132 Å². The Morgan fingerprint density at radius 1 is 1.27 bits per heavy atom. The molecular weight excluding hydrogens is 302 g/mol. The molecule has 0 aliphatic carbocycles. The first-order chi connectivity index (χ1) is 10.6. The van der Waals surface area contributed by atoms with Crippen molar-refractivity contribution in [2.45, 2.75) is 13.2 Å². The SMILES string of the molecule is CC(O)n1c(NC(=O)c2cccc(Cl)c2)nc2ccccc21. The summed E-state index contributed by atoms with van der Waals surface area (Å²) in [6, 6.07) is 14.0. The summed E-state index contributed by atoms with van der Waals surface area (Å²) in [6.45, 7) is 1.61. The molecule has 1 amide bonds. The second kappa shape index (κ2) is 5.79. The number of carbonyl (C=O) groups excluding carboxylic acids is 1. The van der Waals surface area contributed by atoms with E-state index in [0.29, 0.717) is 22.1 Å². The average molecular weight is 316 g/mol. The number of halogens is 1. The molecule has 5 nitrogen and oxygen atoms in total. The van der Waals surface area contributed by atoms with Gasteiger partial charge in [-0.1, -0.05) is 29.8 Å². The molecule has 2 aromatic carbocycles. The molecule has 1 heterocycles. The number of anilines is 1. The van der Waals surface area contributed by atoms with Gasteiger partial charge in [0.05, 0.1) is 11.0 Å². The summed E-state index contributed by atoms with van der Waals surface area (Å²) in [5.41, 5.74) is 1.88. The van der Waals surface area contributed by atoms with Gasteiger partial charge in [0.25, 0.3) is 5.91 Å². The fraction of sp³-hybridized carbons (Fsp3) is 0.125. The van der Waals surface area contributed by atoms with Crippen LogP contribution in [0.3, 0.4) is 0 Å². The number of nitrogens with one attached hydrogen (secondary N) is 1. The molecule has 2 N–H and O–H groups in total. The Morgan fingerprint density at radius 3 is 2.77 bits per heavy atom. The van der Waals surface area contributed by atoms with E-state index in [2.05, 4.69) is 10.3 Å². The molecule has 1 aromatic heterocycles. The van der Waals surface area contributed by atoms with Gasteiger partial charge in [-0.05, 0) is 37.3 Å². The molecule has 0 spiro atoms. The summed E-state index contributed by atoms with van der Waals surface area (Å²) in [4.78, 5) is 16.7. The third-order valence-corrected chi connectivity index (χ3v) is 3.52. The van der Waals surface area contributed by atoms with Crippen LogP contribution in [-0.2, 0) is 0 Å². The first-order valence-corrected chi connectivity index (χ1v) is 7.16. The lowest BCUT2D eigenvalue weighted by atomic mass is 10.2. The largest absolute Gasteiger partial charge is 0.373 e. The predicted molar refractivity (Wildman–Crippen MR) is 86.1 cm³/mol. The Morgan fingerprint density at radius 2 is 2.05 bits per heavy atom. The first kappa shape index (κ1) is 14.6. The molecule has 22 heavy (non-hydrogen) atoms. The number of para-hydroxylation sites is 2.